The quantitative estimate of drug-likeness (QED) is 0.759. The number of rotatable bonds is 4. The highest BCUT2D eigenvalue weighted by Gasteiger charge is 1.99. The molecule has 0 aliphatic heterocycles. The Balaban J connectivity index is 1.79. The molecule has 0 saturated carbocycles. The molecule has 20 heavy (non-hydrogen) atoms. The summed E-state index contributed by atoms with van der Waals surface area (Å²) < 4.78 is 0. The fraction of sp³-hybridized carbons (Fsp3) is 0.118. The maximum atomic E-state index is 5.61. The summed E-state index contributed by atoms with van der Waals surface area (Å²) in [6.07, 6.45) is 0. The van der Waals surface area contributed by atoms with Crippen LogP contribution in [0.15, 0.2) is 60.7 Å². The molecule has 100 valence electrons. The lowest BCUT2D eigenvalue weighted by Crippen LogP contribution is -2.00. The topological polar surface area (TPSA) is 50.9 Å². The molecule has 0 saturated heterocycles. The van der Waals surface area contributed by atoms with E-state index in [4.69, 9.17) is 5.73 Å². The van der Waals surface area contributed by atoms with Crippen molar-refractivity contribution in [1.29, 1.82) is 0 Å². The molecular weight excluding hydrogens is 246 g/mol. The van der Waals surface area contributed by atoms with Gasteiger partial charge in [0, 0.05) is 24.2 Å². The van der Waals surface area contributed by atoms with Gasteiger partial charge in [0.15, 0.2) is 0 Å². The second-order valence-corrected chi connectivity index (χ2v) is 4.75. The number of hydrogen-bond donors (Lipinski definition) is 2. The predicted octanol–water partition coefficient (Wildman–Crippen LogP) is 3.31. The minimum Gasteiger partial charge on any atom is -0.381 e. The van der Waals surface area contributed by atoms with Crippen molar-refractivity contribution in [1.82, 2.24) is 4.98 Å². The van der Waals surface area contributed by atoms with E-state index in [1.54, 1.807) is 0 Å². The largest absolute Gasteiger partial charge is 0.381 e. The number of nitrogens with one attached hydrogen (secondary N) is 1. The molecular formula is C17H17N3. The third-order valence-electron chi connectivity index (χ3n) is 3.30. The van der Waals surface area contributed by atoms with Crippen LogP contribution in [0.2, 0.25) is 0 Å². The monoisotopic (exact) mass is 263 g/mol. The Morgan fingerprint density at radius 3 is 2.60 bits per heavy atom. The number of nitrogens with zero attached hydrogens (tertiary/aromatic N) is 1. The summed E-state index contributed by atoms with van der Waals surface area (Å²) in [4.78, 5) is 4.50. The zero-order chi connectivity index (χ0) is 13.8. The number of pyridine rings is 1. The van der Waals surface area contributed by atoms with Gasteiger partial charge in [-0.1, -0.05) is 36.4 Å². The van der Waals surface area contributed by atoms with Gasteiger partial charge in [-0.25, -0.2) is 0 Å². The number of fused-ring (bicyclic) bond motifs is 1. The Kier molecular flexibility index (Phi) is 3.61. The number of aromatic nitrogens is 1. The SMILES string of the molecule is NCc1ccc2cc(NCc3ccccc3)ccc2n1. The first-order valence-electron chi connectivity index (χ1n) is 6.73. The van der Waals surface area contributed by atoms with Crippen LogP contribution >= 0.6 is 0 Å². The van der Waals surface area contributed by atoms with Crippen LogP contribution in [-0.2, 0) is 13.1 Å². The molecule has 3 rings (SSSR count). The van der Waals surface area contributed by atoms with Gasteiger partial charge in [0.05, 0.1) is 11.2 Å². The van der Waals surface area contributed by atoms with Crippen molar-refractivity contribution in [2.45, 2.75) is 13.1 Å². The van der Waals surface area contributed by atoms with Gasteiger partial charge >= 0.3 is 0 Å². The molecule has 3 heteroatoms. The molecule has 0 aliphatic carbocycles. The van der Waals surface area contributed by atoms with E-state index >= 15 is 0 Å². The van der Waals surface area contributed by atoms with Crippen LogP contribution in [-0.4, -0.2) is 4.98 Å². The first-order valence-corrected chi connectivity index (χ1v) is 6.73. The zero-order valence-corrected chi connectivity index (χ0v) is 11.2. The van der Waals surface area contributed by atoms with E-state index in [9.17, 15) is 0 Å². The van der Waals surface area contributed by atoms with Gasteiger partial charge in [0.2, 0.25) is 0 Å². The summed E-state index contributed by atoms with van der Waals surface area (Å²) in [6.45, 7) is 1.30. The van der Waals surface area contributed by atoms with Crippen LogP contribution in [0.3, 0.4) is 0 Å². The summed E-state index contributed by atoms with van der Waals surface area (Å²) in [5, 5.41) is 4.55. The fourth-order valence-electron chi connectivity index (χ4n) is 2.19. The maximum absolute atomic E-state index is 5.61. The summed E-state index contributed by atoms with van der Waals surface area (Å²) >= 11 is 0. The van der Waals surface area contributed by atoms with Gasteiger partial charge in [-0.2, -0.15) is 0 Å². The Hall–Kier alpha value is -2.39. The summed E-state index contributed by atoms with van der Waals surface area (Å²) in [7, 11) is 0. The van der Waals surface area contributed by atoms with Crippen molar-refractivity contribution in [2.75, 3.05) is 5.32 Å². The minimum atomic E-state index is 0.476. The van der Waals surface area contributed by atoms with Crippen LogP contribution in [0.5, 0.6) is 0 Å². The van der Waals surface area contributed by atoms with Crippen molar-refractivity contribution < 1.29 is 0 Å². The smallest absolute Gasteiger partial charge is 0.0707 e. The van der Waals surface area contributed by atoms with Crippen molar-refractivity contribution in [3.8, 4) is 0 Å². The Labute approximate surface area is 118 Å². The molecule has 0 spiro atoms. The van der Waals surface area contributed by atoms with Crippen molar-refractivity contribution in [2.24, 2.45) is 5.73 Å². The molecule has 3 N–H and O–H groups in total. The lowest BCUT2D eigenvalue weighted by atomic mass is 10.1. The Morgan fingerprint density at radius 1 is 0.950 bits per heavy atom. The van der Waals surface area contributed by atoms with E-state index in [0.717, 1.165) is 28.8 Å². The lowest BCUT2D eigenvalue weighted by molar-refractivity contribution is 1.01. The Bertz CT molecular complexity index is 708. The van der Waals surface area contributed by atoms with Crippen LogP contribution in [0.4, 0.5) is 5.69 Å². The first kappa shape index (κ1) is 12.6. The van der Waals surface area contributed by atoms with Crippen molar-refractivity contribution in [3.63, 3.8) is 0 Å². The predicted molar refractivity (Wildman–Crippen MR) is 83.4 cm³/mol. The normalized spacial score (nSPS) is 10.7. The van der Waals surface area contributed by atoms with Gasteiger partial charge in [0.1, 0.15) is 0 Å². The highest BCUT2D eigenvalue weighted by molar-refractivity contribution is 5.82. The van der Waals surface area contributed by atoms with E-state index in [1.165, 1.54) is 5.56 Å². The molecule has 3 nitrogen and oxygen atoms in total. The molecule has 3 aromatic rings. The molecule has 0 atom stereocenters. The van der Waals surface area contributed by atoms with Crippen LogP contribution < -0.4 is 11.1 Å². The first-order chi connectivity index (χ1) is 9.85. The van der Waals surface area contributed by atoms with E-state index in [-0.39, 0.29) is 0 Å². The number of nitrogens with two attached hydrogens (primary N) is 1. The zero-order valence-electron chi connectivity index (χ0n) is 11.2. The summed E-state index contributed by atoms with van der Waals surface area (Å²) in [5.74, 6) is 0. The maximum Gasteiger partial charge on any atom is 0.0707 e. The van der Waals surface area contributed by atoms with Gasteiger partial charge in [0.25, 0.3) is 0 Å². The number of benzene rings is 2. The lowest BCUT2D eigenvalue weighted by Gasteiger charge is -2.08. The number of anilines is 1. The molecule has 2 aromatic carbocycles. The molecule has 0 bridgehead atoms. The molecule has 0 aliphatic rings. The van der Waals surface area contributed by atoms with Crippen molar-refractivity contribution >= 4 is 16.6 Å². The average Bonchev–Trinajstić information content (AvgIpc) is 2.53. The van der Waals surface area contributed by atoms with E-state index in [2.05, 4.69) is 52.8 Å². The minimum absolute atomic E-state index is 0.476. The van der Waals surface area contributed by atoms with Crippen LogP contribution in [0, 0.1) is 0 Å². The van der Waals surface area contributed by atoms with E-state index < -0.39 is 0 Å². The van der Waals surface area contributed by atoms with E-state index in [0.29, 0.717) is 6.54 Å². The second kappa shape index (κ2) is 5.72. The van der Waals surface area contributed by atoms with Gasteiger partial charge in [-0.3, -0.25) is 4.98 Å². The highest BCUT2D eigenvalue weighted by atomic mass is 14.9. The average molecular weight is 263 g/mol. The molecule has 1 heterocycles. The standard InChI is InChI=1S/C17H17N3/c18-11-16-7-6-14-10-15(8-9-17(14)20-16)19-12-13-4-2-1-3-5-13/h1-10,19H,11-12,18H2. The van der Waals surface area contributed by atoms with Gasteiger partial charge < -0.3 is 11.1 Å². The van der Waals surface area contributed by atoms with Crippen molar-refractivity contribution in [3.05, 3.63) is 71.9 Å². The van der Waals surface area contributed by atoms with Gasteiger partial charge in [-0.05, 0) is 29.8 Å². The summed E-state index contributed by atoms with van der Waals surface area (Å²) in [5.41, 5.74) is 9.88. The molecule has 0 radical (unpaired) electrons. The molecule has 0 fully saturated rings. The third kappa shape index (κ3) is 2.78. The second-order valence-electron chi connectivity index (χ2n) is 4.75. The summed E-state index contributed by atoms with van der Waals surface area (Å²) in [6, 6.07) is 20.6. The third-order valence-corrected chi connectivity index (χ3v) is 3.30. The van der Waals surface area contributed by atoms with Crippen LogP contribution in [0.1, 0.15) is 11.3 Å². The highest BCUT2D eigenvalue weighted by Crippen LogP contribution is 2.18. The number of hydrogen-bond acceptors (Lipinski definition) is 3. The Morgan fingerprint density at radius 2 is 1.80 bits per heavy atom. The molecule has 1 aromatic heterocycles. The van der Waals surface area contributed by atoms with Gasteiger partial charge in [-0.15, -0.1) is 0 Å². The fourth-order valence-corrected chi connectivity index (χ4v) is 2.19. The van der Waals surface area contributed by atoms with E-state index in [1.807, 2.05) is 18.2 Å². The molecule has 0 amide bonds. The van der Waals surface area contributed by atoms with Crippen LogP contribution in [0.25, 0.3) is 10.9 Å². The molecule has 0 unspecified atom stereocenters.